The molecule has 0 aliphatic heterocycles. The predicted octanol–water partition coefficient (Wildman–Crippen LogP) is 4.66. The van der Waals surface area contributed by atoms with Gasteiger partial charge < -0.3 is 9.15 Å². The van der Waals surface area contributed by atoms with Crippen molar-refractivity contribution in [3.8, 4) is 10.6 Å². The number of para-hydroxylation sites is 1. The van der Waals surface area contributed by atoms with E-state index in [4.69, 9.17) is 20.8 Å². The fourth-order valence-corrected chi connectivity index (χ4v) is 4.32. The number of aromatic nitrogens is 3. The van der Waals surface area contributed by atoms with Crippen LogP contribution in [0.4, 0.5) is 0 Å². The van der Waals surface area contributed by atoms with Crippen molar-refractivity contribution in [2.24, 2.45) is 0 Å². The van der Waals surface area contributed by atoms with Crippen molar-refractivity contribution in [1.29, 1.82) is 0 Å². The van der Waals surface area contributed by atoms with Crippen LogP contribution in [-0.4, -0.2) is 20.5 Å². The van der Waals surface area contributed by atoms with E-state index in [-0.39, 0.29) is 18.7 Å². The van der Waals surface area contributed by atoms with Gasteiger partial charge in [-0.2, -0.15) is 0 Å². The van der Waals surface area contributed by atoms with Crippen LogP contribution in [0.2, 0.25) is 5.02 Å². The van der Waals surface area contributed by atoms with Gasteiger partial charge in [-0.3, -0.25) is 14.2 Å². The maximum Gasteiger partial charge on any atom is 0.326 e. The van der Waals surface area contributed by atoms with Gasteiger partial charge in [0.2, 0.25) is 5.58 Å². The molecule has 0 saturated carbocycles. The summed E-state index contributed by atoms with van der Waals surface area (Å²) in [7, 11) is 0. The van der Waals surface area contributed by atoms with Gasteiger partial charge in [-0.15, -0.1) is 11.3 Å². The second kappa shape index (κ2) is 7.98. The summed E-state index contributed by atoms with van der Waals surface area (Å²) in [6.07, 6.45) is 1.33. The van der Waals surface area contributed by atoms with Gasteiger partial charge in [0.05, 0.1) is 17.0 Å². The monoisotopic (exact) mass is 451 g/mol. The standard InChI is InChI=1S/C22H14ClN3O4S/c23-16-7-3-1-5-14(16)21-25-13(11-31-21)10-29-18(27)9-26-12-24-19-15-6-2-4-8-17(15)30-20(19)22(26)28/h1-8,11-12H,9-10H2. The molecule has 0 unspecified atom stereocenters. The predicted molar refractivity (Wildman–Crippen MR) is 118 cm³/mol. The second-order valence-corrected chi connectivity index (χ2v) is 8.00. The lowest BCUT2D eigenvalue weighted by atomic mass is 10.2. The minimum Gasteiger partial charge on any atom is -0.458 e. The molecule has 0 aliphatic carbocycles. The Morgan fingerprint density at radius 2 is 1.97 bits per heavy atom. The van der Waals surface area contributed by atoms with E-state index >= 15 is 0 Å². The highest BCUT2D eigenvalue weighted by molar-refractivity contribution is 7.13. The summed E-state index contributed by atoms with van der Waals surface area (Å²) in [5.41, 5.74) is 2.14. The Labute approximate surface area is 184 Å². The summed E-state index contributed by atoms with van der Waals surface area (Å²) in [5, 5.41) is 3.91. The summed E-state index contributed by atoms with van der Waals surface area (Å²) >= 11 is 7.62. The van der Waals surface area contributed by atoms with Gasteiger partial charge in [0.15, 0.2) is 0 Å². The smallest absolute Gasteiger partial charge is 0.326 e. The molecule has 0 aliphatic rings. The van der Waals surface area contributed by atoms with E-state index in [0.29, 0.717) is 21.8 Å². The Morgan fingerprint density at radius 3 is 2.84 bits per heavy atom. The number of carbonyl (C=O) groups is 1. The number of halogens is 1. The van der Waals surface area contributed by atoms with Gasteiger partial charge in [0.1, 0.15) is 29.3 Å². The van der Waals surface area contributed by atoms with Gasteiger partial charge in [0, 0.05) is 16.3 Å². The third-order valence-corrected chi connectivity index (χ3v) is 5.94. The highest BCUT2D eigenvalue weighted by Gasteiger charge is 2.15. The van der Waals surface area contributed by atoms with Crippen molar-refractivity contribution in [3.63, 3.8) is 0 Å². The Bertz CT molecular complexity index is 1490. The van der Waals surface area contributed by atoms with Crippen molar-refractivity contribution in [3.05, 3.63) is 81.3 Å². The minimum atomic E-state index is -0.577. The van der Waals surface area contributed by atoms with Gasteiger partial charge in [-0.25, -0.2) is 9.97 Å². The molecule has 154 valence electrons. The molecule has 0 amide bonds. The molecular formula is C22H14ClN3O4S. The van der Waals surface area contributed by atoms with Crippen LogP contribution in [0.15, 0.2) is 69.5 Å². The van der Waals surface area contributed by atoms with E-state index < -0.39 is 11.5 Å². The number of furan rings is 1. The van der Waals surface area contributed by atoms with Crippen molar-refractivity contribution < 1.29 is 13.9 Å². The van der Waals surface area contributed by atoms with E-state index in [2.05, 4.69) is 9.97 Å². The van der Waals surface area contributed by atoms with Crippen molar-refractivity contribution in [2.75, 3.05) is 0 Å². The molecule has 3 heterocycles. The van der Waals surface area contributed by atoms with Crippen molar-refractivity contribution in [1.82, 2.24) is 14.5 Å². The third-order valence-electron chi connectivity index (χ3n) is 4.69. The summed E-state index contributed by atoms with van der Waals surface area (Å²) in [6.45, 7) is -0.283. The molecule has 0 saturated heterocycles. The van der Waals surface area contributed by atoms with E-state index in [0.717, 1.165) is 16.0 Å². The summed E-state index contributed by atoms with van der Waals surface area (Å²) in [5.74, 6) is -0.577. The highest BCUT2D eigenvalue weighted by atomic mass is 35.5. The lowest BCUT2D eigenvalue weighted by Gasteiger charge is -2.05. The molecule has 9 heteroatoms. The fourth-order valence-electron chi connectivity index (χ4n) is 3.20. The van der Waals surface area contributed by atoms with E-state index in [9.17, 15) is 9.59 Å². The van der Waals surface area contributed by atoms with Crippen LogP contribution >= 0.6 is 22.9 Å². The topological polar surface area (TPSA) is 87.2 Å². The Kier molecular flexibility index (Phi) is 5.01. The first-order chi connectivity index (χ1) is 15.1. The zero-order valence-corrected chi connectivity index (χ0v) is 17.5. The maximum atomic E-state index is 12.7. The average molecular weight is 452 g/mol. The lowest BCUT2D eigenvalue weighted by molar-refractivity contribution is -0.145. The SMILES string of the molecule is O=C(Cn1cnc2c(oc3ccccc32)c1=O)OCc1csc(-c2ccccc2Cl)n1. The molecular weight excluding hydrogens is 438 g/mol. The van der Waals surface area contributed by atoms with Crippen LogP contribution in [0, 0.1) is 0 Å². The largest absolute Gasteiger partial charge is 0.458 e. The number of ether oxygens (including phenoxy) is 1. The summed E-state index contributed by atoms with van der Waals surface area (Å²) < 4.78 is 12.1. The molecule has 2 aromatic carbocycles. The summed E-state index contributed by atoms with van der Waals surface area (Å²) in [4.78, 5) is 33.7. The first-order valence-electron chi connectivity index (χ1n) is 9.32. The second-order valence-electron chi connectivity index (χ2n) is 6.74. The molecule has 0 radical (unpaired) electrons. The van der Waals surface area contributed by atoms with Crippen LogP contribution in [0.3, 0.4) is 0 Å². The molecule has 3 aromatic heterocycles. The van der Waals surface area contributed by atoms with Crippen LogP contribution in [-0.2, 0) is 22.7 Å². The van der Waals surface area contributed by atoms with Gasteiger partial charge in [0.25, 0.3) is 5.56 Å². The number of esters is 1. The Hall–Kier alpha value is -3.49. The zero-order chi connectivity index (χ0) is 21.4. The maximum absolute atomic E-state index is 12.7. The number of hydrogen-bond donors (Lipinski definition) is 0. The number of benzene rings is 2. The van der Waals surface area contributed by atoms with E-state index in [1.807, 2.05) is 36.4 Å². The minimum absolute atomic E-state index is 0.00511. The molecule has 5 aromatic rings. The number of rotatable bonds is 5. The van der Waals surface area contributed by atoms with E-state index in [1.165, 1.54) is 22.2 Å². The van der Waals surface area contributed by atoms with E-state index in [1.54, 1.807) is 17.5 Å². The third kappa shape index (κ3) is 3.71. The van der Waals surface area contributed by atoms with Crippen molar-refractivity contribution >= 4 is 51.0 Å². The van der Waals surface area contributed by atoms with Crippen LogP contribution in [0.25, 0.3) is 32.6 Å². The number of thiazole rings is 1. The fraction of sp³-hybridized carbons (Fsp3) is 0.0909. The molecule has 0 spiro atoms. The molecule has 5 rings (SSSR count). The number of nitrogens with zero attached hydrogens (tertiary/aromatic N) is 3. The van der Waals surface area contributed by atoms with Gasteiger partial charge in [-0.05, 0) is 18.2 Å². The number of carbonyl (C=O) groups excluding carboxylic acids is 1. The Balaban J connectivity index is 1.29. The Morgan fingerprint density at radius 1 is 1.16 bits per heavy atom. The molecule has 7 nitrogen and oxygen atoms in total. The van der Waals surface area contributed by atoms with Crippen molar-refractivity contribution in [2.45, 2.75) is 13.2 Å². The molecule has 0 fully saturated rings. The number of fused-ring (bicyclic) bond motifs is 3. The van der Waals surface area contributed by atoms with Crippen LogP contribution < -0.4 is 5.56 Å². The highest BCUT2D eigenvalue weighted by Crippen LogP contribution is 2.30. The molecule has 31 heavy (non-hydrogen) atoms. The number of hydrogen-bond acceptors (Lipinski definition) is 7. The lowest BCUT2D eigenvalue weighted by Crippen LogP contribution is -2.25. The normalized spacial score (nSPS) is 11.3. The quantitative estimate of drug-likeness (QED) is 0.361. The molecule has 0 bridgehead atoms. The average Bonchev–Trinajstić information content (AvgIpc) is 3.40. The van der Waals surface area contributed by atoms with Crippen LogP contribution in [0.1, 0.15) is 5.69 Å². The van der Waals surface area contributed by atoms with Gasteiger partial charge in [-0.1, -0.05) is 41.9 Å². The summed E-state index contributed by atoms with van der Waals surface area (Å²) in [6, 6.07) is 14.7. The molecule has 0 atom stereocenters. The van der Waals surface area contributed by atoms with Crippen LogP contribution in [0.5, 0.6) is 0 Å². The molecule has 0 N–H and O–H groups in total. The first-order valence-corrected chi connectivity index (χ1v) is 10.6. The zero-order valence-electron chi connectivity index (χ0n) is 15.9. The first kappa shape index (κ1) is 19.5. The van der Waals surface area contributed by atoms with Gasteiger partial charge >= 0.3 is 5.97 Å².